The predicted molar refractivity (Wildman–Crippen MR) is 151 cm³/mol. The minimum atomic E-state index is -0.0874. The van der Waals surface area contributed by atoms with Crippen molar-refractivity contribution in [3.8, 4) is 18.4 Å². The molecule has 0 N–H and O–H groups in total. The number of ether oxygens (including phenoxy) is 1. The van der Waals surface area contributed by atoms with Crippen molar-refractivity contribution in [2.75, 3.05) is 44.7 Å². The molecule has 1 unspecified atom stereocenters. The number of aryl methyl sites for hydroxylation is 1. The molecule has 0 bridgehead atoms. The van der Waals surface area contributed by atoms with Crippen LogP contribution in [-0.4, -0.2) is 82.5 Å². The molecule has 1 aromatic heterocycles. The van der Waals surface area contributed by atoms with Crippen molar-refractivity contribution in [1.29, 1.82) is 0 Å². The number of terminal acetylenes is 1. The van der Waals surface area contributed by atoms with Crippen molar-refractivity contribution in [2.45, 2.75) is 63.3 Å². The maximum Gasteiger partial charge on any atom is 0.318 e. The van der Waals surface area contributed by atoms with Gasteiger partial charge in [0.25, 0.3) is 0 Å². The summed E-state index contributed by atoms with van der Waals surface area (Å²) in [5.74, 6) is 3.62. The Kier molecular flexibility index (Phi) is 7.28. The normalized spacial score (nSPS) is 24.9. The highest BCUT2D eigenvalue weighted by Gasteiger charge is 2.37. The van der Waals surface area contributed by atoms with Gasteiger partial charge in [0.2, 0.25) is 5.91 Å². The van der Waals surface area contributed by atoms with E-state index in [1.54, 1.807) is 0 Å². The molecule has 6 rings (SSSR count). The van der Waals surface area contributed by atoms with E-state index in [1.165, 1.54) is 29.2 Å². The van der Waals surface area contributed by atoms with Gasteiger partial charge >= 0.3 is 6.01 Å². The van der Waals surface area contributed by atoms with Crippen LogP contribution in [0.15, 0.2) is 36.9 Å². The van der Waals surface area contributed by atoms with Crippen molar-refractivity contribution in [3.05, 3.63) is 59.3 Å². The van der Waals surface area contributed by atoms with Crippen LogP contribution in [0.2, 0.25) is 0 Å². The lowest BCUT2D eigenvalue weighted by Gasteiger charge is -2.41. The highest BCUT2D eigenvalue weighted by atomic mass is 16.5. The summed E-state index contributed by atoms with van der Waals surface area (Å²) in [6.07, 6.45) is 12.2. The molecule has 8 heteroatoms. The molecule has 2 aromatic rings. The fourth-order valence-electron chi connectivity index (χ4n) is 6.83. The van der Waals surface area contributed by atoms with Crippen molar-refractivity contribution < 1.29 is 9.53 Å². The summed E-state index contributed by atoms with van der Waals surface area (Å²) in [6, 6.07) is 9.96. The highest BCUT2D eigenvalue weighted by Crippen LogP contribution is 2.42. The first-order chi connectivity index (χ1) is 19.1. The Morgan fingerprint density at radius 1 is 1.18 bits per heavy atom. The molecular formula is C31H38N6O2. The SMILES string of the molecule is C#CC[C@H]1CN(c2nc(OC[C@@H]3CCCN3C)nc3c2CN(C2CCc4ccccc42)C3)CCN1C(=O)C=C. The zero-order valence-corrected chi connectivity index (χ0v) is 22.9. The van der Waals surface area contributed by atoms with E-state index in [9.17, 15) is 4.79 Å². The second-order valence-electron chi connectivity index (χ2n) is 11.2. The molecule has 0 saturated carbocycles. The molecule has 0 radical (unpaired) electrons. The molecule has 2 fully saturated rings. The van der Waals surface area contributed by atoms with Gasteiger partial charge in [-0.1, -0.05) is 30.8 Å². The van der Waals surface area contributed by atoms with Gasteiger partial charge in [-0.2, -0.15) is 9.97 Å². The van der Waals surface area contributed by atoms with E-state index < -0.39 is 0 Å². The monoisotopic (exact) mass is 526 g/mol. The van der Waals surface area contributed by atoms with Crippen LogP contribution < -0.4 is 9.64 Å². The topological polar surface area (TPSA) is 65.0 Å². The number of rotatable bonds is 7. The number of fused-ring (bicyclic) bond motifs is 2. The van der Waals surface area contributed by atoms with Gasteiger partial charge in [-0.25, -0.2) is 0 Å². The summed E-state index contributed by atoms with van der Waals surface area (Å²) in [4.78, 5) is 31.5. The number of anilines is 1. The van der Waals surface area contributed by atoms with Crippen LogP contribution in [0.4, 0.5) is 5.82 Å². The Labute approximate surface area is 231 Å². The van der Waals surface area contributed by atoms with Gasteiger partial charge in [0, 0.05) is 56.8 Å². The third kappa shape index (κ3) is 5.02. The first-order valence-electron chi connectivity index (χ1n) is 14.2. The minimum Gasteiger partial charge on any atom is -0.462 e. The lowest BCUT2D eigenvalue weighted by molar-refractivity contribution is -0.128. The van der Waals surface area contributed by atoms with Gasteiger partial charge in [-0.3, -0.25) is 9.69 Å². The Morgan fingerprint density at radius 2 is 2.05 bits per heavy atom. The number of carbonyl (C=O) groups excluding carboxylic acids is 1. The van der Waals surface area contributed by atoms with Gasteiger partial charge < -0.3 is 19.4 Å². The van der Waals surface area contributed by atoms with E-state index in [1.807, 2.05) is 4.90 Å². The Morgan fingerprint density at radius 3 is 2.85 bits per heavy atom. The second-order valence-corrected chi connectivity index (χ2v) is 11.2. The number of benzene rings is 1. The van der Waals surface area contributed by atoms with Crippen LogP contribution in [0.3, 0.4) is 0 Å². The number of hydrogen-bond donors (Lipinski definition) is 0. The number of aromatic nitrogens is 2. The third-order valence-corrected chi connectivity index (χ3v) is 8.98. The number of amides is 1. The van der Waals surface area contributed by atoms with Gasteiger partial charge in [-0.05, 0) is 56.5 Å². The van der Waals surface area contributed by atoms with E-state index in [2.05, 4.69) is 58.5 Å². The molecule has 39 heavy (non-hydrogen) atoms. The fourth-order valence-corrected chi connectivity index (χ4v) is 6.83. The second kappa shape index (κ2) is 11.0. The molecule has 4 aliphatic rings. The van der Waals surface area contributed by atoms with Gasteiger partial charge in [0.05, 0.1) is 11.7 Å². The van der Waals surface area contributed by atoms with Crippen LogP contribution in [0, 0.1) is 12.3 Å². The number of carbonyl (C=O) groups is 1. The van der Waals surface area contributed by atoms with Gasteiger partial charge in [0.15, 0.2) is 0 Å². The first kappa shape index (κ1) is 25.8. The summed E-state index contributed by atoms with van der Waals surface area (Å²) in [7, 11) is 2.16. The molecule has 3 aliphatic heterocycles. The zero-order valence-electron chi connectivity index (χ0n) is 22.9. The largest absolute Gasteiger partial charge is 0.462 e. The number of likely N-dealkylation sites (N-methyl/N-ethyl adjacent to an activating group) is 1. The van der Waals surface area contributed by atoms with Crippen LogP contribution in [0.25, 0.3) is 0 Å². The van der Waals surface area contributed by atoms with E-state index in [4.69, 9.17) is 21.1 Å². The van der Waals surface area contributed by atoms with Crippen LogP contribution in [0.1, 0.15) is 54.1 Å². The van der Waals surface area contributed by atoms with E-state index in [0.717, 1.165) is 50.4 Å². The lowest BCUT2D eigenvalue weighted by Crippen LogP contribution is -2.55. The molecule has 4 heterocycles. The van der Waals surface area contributed by atoms with Crippen LogP contribution in [-0.2, 0) is 24.3 Å². The fraction of sp³-hybridized carbons (Fsp3) is 0.516. The average Bonchev–Trinajstić information content (AvgIpc) is 3.69. The maximum atomic E-state index is 12.5. The average molecular weight is 527 g/mol. The van der Waals surface area contributed by atoms with Gasteiger partial charge in [-0.15, -0.1) is 12.3 Å². The number of hydrogen-bond acceptors (Lipinski definition) is 7. The summed E-state index contributed by atoms with van der Waals surface area (Å²) < 4.78 is 6.27. The highest BCUT2D eigenvalue weighted by molar-refractivity contribution is 5.87. The molecule has 8 nitrogen and oxygen atoms in total. The van der Waals surface area contributed by atoms with Crippen LogP contribution >= 0.6 is 0 Å². The minimum absolute atomic E-state index is 0.0707. The molecule has 1 aromatic carbocycles. The molecule has 3 atom stereocenters. The Balaban J connectivity index is 1.29. The molecule has 1 aliphatic carbocycles. The molecular weight excluding hydrogens is 488 g/mol. The van der Waals surface area contributed by atoms with E-state index in [-0.39, 0.29) is 11.9 Å². The molecule has 0 spiro atoms. The Bertz CT molecular complexity index is 1290. The van der Waals surface area contributed by atoms with Gasteiger partial charge in [0.1, 0.15) is 12.4 Å². The van der Waals surface area contributed by atoms with E-state index in [0.29, 0.717) is 50.8 Å². The molecule has 2 saturated heterocycles. The Hall–Kier alpha value is -3.41. The standard InChI is InChI=1S/C31H38N6O2/c1-4-9-23-18-35(16-17-37(23)29(38)5-2)30-26-19-36(28-14-13-22-10-6-7-12-25(22)28)20-27(26)32-31(33-30)39-21-24-11-8-15-34(24)3/h1,5-7,10,12,23-24,28H,2,8-9,11,13-21H2,3H3/t23-,24-,28?/m0/s1. The smallest absolute Gasteiger partial charge is 0.318 e. The third-order valence-electron chi connectivity index (χ3n) is 8.98. The number of piperazine rings is 1. The number of nitrogens with zero attached hydrogens (tertiary/aromatic N) is 6. The summed E-state index contributed by atoms with van der Waals surface area (Å²) >= 11 is 0. The predicted octanol–water partition coefficient (Wildman–Crippen LogP) is 3.18. The van der Waals surface area contributed by atoms with E-state index >= 15 is 0 Å². The van der Waals surface area contributed by atoms with Crippen molar-refractivity contribution in [3.63, 3.8) is 0 Å². The summed E-state index contributed by atoms with van der Waals surface area (Å²) in [5, 5.41) is 0. The lowest BCUT2D eigenvalue weighted by atomic mass is 10.1. The van der Waals surface area contributed by atoms with Crippen molar-refractivity contribution in [1.82, 2.24) is 24.7 Å². The molecule has 1 amide bonds. The first-order valence-corrected chi connectivity index (χ1v) is 14.2. The van der Waals surface area contributed by atoms with Crippen molar-refractivity contribution in [2.24, 2.45) is 0 Å². The van der Waals surface area contributed by atoms with Crippen LogP contribution in [0.5, 0.6) is 6.01 Å². The summed E-state index contributed by atoms with van der Waals surface area (Å²) in [6.45, 7) is 8.86. The quantitative estimate of drug-likeness (QED) is 0.406. The number of likely N-dealkylation sites (tertiary alicyclic amines) is 1. The molecule has 204 valence electrons. The van der Waals surface area contributed by atoms with Crippen molar-refractivity contribution >= 4 is 11.7 Å². The maximum absolute atomic E-state index is 12.5. The zero-order chi connectivity index (χ0) is 26.9. The summed E-state index contributed by atoms with van der Waals surface area (Å²) in [5.41, 5.74) is 5.12.